The van der Waals surface area contributed by atoms with Crippen LogP contribution >= 0.6 is 12.2 Å². The van der Waals surface area contributed by atoms with Crippen LogP contribution in [0.3, 0.4) is 0 Å². The summed E-state index contributed by atoms with van der Waals surface area (Å²) in [7, 11) is 0. The van der Waals surface area contributed by atoms with Crippen LogP contribution in [0.4, 0.5) is 0 Å². The molecule has 0 saturated carbocycles. The van der Waals surface area contributed by atoms with E-state index < -0.39 is 0 Å². The third kappa shape index (κ3) is 4.68. The fourth-order valence-electron chi connectivity index (χ4n) is 3.92. The smallest absolute Gasteiger partial charge is 0.258 e. The number of hydrogen-bond donors (Lipinski definition) is 1. The number of nitrogens with zero attached hydrogens (tertiary/aromatic N) is 3. The molecule has 0 amide bonds. The quantitative estimate of drug-likeness (QED) is 0.349. The lowest BCUT2D eigenvalue weighted by Crippen LogP contribution is -2.45. The highest BCUT2D eigenvalue weighted by molar-refractivity contribution is 7.80. The molecule has 1 atom stereocenters. The highest BCUT2D eigenvalue weighted by Gasteiger charge is 2.33. The number of benzene rings is 2. The number of nitrogens with one attached hydrogen (secondary N) is 1. The molecule has 1 aliphatic heterocycles. The van der Waals surface area contributed by atoms with E-state index in [9.17, 15) is 0 Å². The fourth-order valence-corrected chi connectivity index (χ4v) is 4.25. The number of aromatic nitrogens is 2. The molecule has 0 bridgehead atoms. The Kier molecular flexibility index (Phi) is 6.89. The van der Waals surface area contributed by atoms with Crippen molar-refractivity contribution in [2.75, 3.05) is 13.2 Å². The van der Waals surface area contributed by atoms with Crippen molar-refractivity contribution in [2.45, 2.75) is 33.2 Å². The summed E-state index contributed by atoms with van der Waals surface area (Å²) >= 11 is 5.66. The van der Waals surface area contributed by atoms with E-state index in [0.717, 1.165) is 34.6 Å². The summed E-state index contributed by atoms with van der Waals surface area (Å²) in [6.45, 7) is 11.2. The van der Waals surface area contributed by atoms with E-state index in [0.29, 0.717) is 30.0 Å². The summed E-state index contributed by atoms with van der Waals surface area (Å²) in [5.41, 5.74) is 5.05. The molecule has 2 aromatic carbocycles. The predicted molar refractivity (Wildman–Crippen MR) is 135 cm³/mol. The zero-order valence-corrected chi connectivity index (χ0v) is 20.0. The van der Waals surface area contributed by atoms with Crippen LogP contribution in [-0.2, 0) is 6.42 Å². The van der Waals surface area contributed by atoms with Gasteiger partial charge in [-0.05, 0) is 55.7 Å². The molecule has 170 valence electrons. The second-order valence-electron chi connectivity index (χ2n) is 7.76. The van der Waals surface area contributed by atoms with Gasteiger partial charge in [0.25, 0.3) is 5.89 Å². The van der Waals surface area contributed by atoms with E-state index >= 15 is 0 Å². The number of allylic oxidation sites excluding steroid dienone is 1. The highest BCUT2D eigenvalue weighted by atomic mass is 32.1. The molecular formula is C26H28N4O2S. The molecule has 0 spiro atoms. The molecule has 1 N–H and O–H groups in total. The third-order valence-electron chi connectivity index (χ3n) is 5.71. The van der Waals surface area contributed by atoms with Crippen molar-refractivity contribution in [2.24, 2.45) is 0 Å². The number of ether oxygens (including phenoxy) is 1. The first-order valence-electron chi connectivity index (χ1n) is 11.1. The fraction of sp³-hybridized carbons (Fsp3) is 0.269. The Morgan fingerprint density at radius 2 is 1.88 bits per heavy atom. The number of aryl methyl sites for hydroxylation is 1. The van der Waals surface area contributed by atoms with Crippen LogP contribution in [0.2, 0.25) is 0 Å². The zero-order valence-electron chi connectivity index (χ0n) is 19.2. The molecule has 4 rings (SSSR count). The number of hydrogen-bond acceptors (Lipinski definition) is 5. The topological polar surface area (TPSA) is 63.4 Å². The minimum atomic E-state index is -0.231. The van der Waals surface area contributed by atoms with Gasteiger partial charge in [-0.15, -0.1) is 6.58 Å². The largest absolute Gasteiger partial charge is 0.494 e. The third-order valence-corrected chi connectivity index (χ3v) is 6.05. The SMILES string of the molecule is C=CCN1C(=S)NC(c2ccc(OCC)cc2)C(c2nc(-c3ccc(CC)cc3)no2)=C1C. The Morgan fingerprint density at radius 1 is 1.15 bits per heavy atom. The van der Waals surface area contributed by atoms with Gasteiger partial charge in [0.1, 0.15) is 5.75 Å². The average Bonchev–Trinajstić information content (AvgIpc) is 3.32. The summed E-state index contributed by atoms with van der Waals surface area (Å²) in [6.07, 6.45) is 2.80. The number of rotatable bonds is 8. The van der Waals surface area contributed by atoms with E-state index in [2.05, 4.69) is 36.1 Å². The van der Waals surface area contributed by atoms with E-state index in [-0.39, 0.29) is 6.04 Å². The maximum Gasteiger partial charge on any atom is 0.258 e. The van der Waals surface area contributed by atoms with Gasteiger partial charge in [0.15, 0.2) is 5.11 Å². The second kappa shape index (κ2) is 10.0. The normalized spacial score (nSPS) is 16.0. The zero-order chi connectivity index (χ0) is 23.4. The maximum absolute atomic E-state index is 5.78. The molecule has 2 heterocycles. The molecule has 1 unspecified atom stereocenters. The Bertz CT molecular complexity index is 1170. The lowest BCUT2D eigenvalue weighted by molar-refractivity contribution is 0.340. The first-order chi connectivity index (χ1) is 16.0. The summed E-state index contributed by atoms with van der Waals surface area (Å²) < 4.78 is 11.4. The van der Waals surface area contributed by atoms with Crippen LogP contribution in [0.25, 0.3) is 17.0 Å². The van der Waals surface area contributed by atoms with Crippen molar-refractivity contribution >= 4 is 22.9 Å². The minimum Gasteiger partial charge on any atom is -0.494 e. The first kappa shape index (κ1) is 22.7. The van der Waals surface area contributed by atoms with Gasteiger partial charge in [-0.25, -0.2) is 0 Å². The molecule has 3 aromatic rings. The maximum atomic E-state index is 5.78. The lowest BCUT2D eigenvalue weighted by Gasteiger charge is -2.36. The van der Waals surface area contributed by atoms with E-state index in [1.54, 1.807) is 0 Å². The Hall–Kier alpha value is -3.45. The Balaban J connectivity index is 1.75. The van der Waals surface area contributed by atoms with Crippen molar-refractivity contribution in [3.05, 3.63) is 83.9 Å². The van der Waals surface area contributed by atoms with Crippen molar-refractivity contribution in [3.63, 3.8) is 0 Å². The summed E-state index contributed by atoms with van der Waals surface area (Å²) in [6, 6.07) is 16.0. The van der Waals surface area contributed by atoms with Crippen molar-refractivity contribution < 1.29 is 9.26 Å². The monoisotopic (exact) mass is 460 g/mol. The average molecular weight is 461 g/mol. The molecule has 0 saturated heterocycles. The van der Waals surface area contributed by atoms with Gasteiger partial charge in [0, 0.05) is 17.8 Å². The minimum absolute atomic E-state index is 0.231. The van der Waals surface area contributed by atoms with Gasteiger partial charge in [-0.1, -0.05) is 54.6 Å². The lowest BCUT2D eigenvalue weighted by atomic mass is 9.94. The van der Waals surface area contributed by atoms with Gasteiger partial charge < -0.3 is 19.5 Å². The summed E-state index contributed by atoms with van der Waals surface area (Å²) in [5, 5.41) is 8.34. The molecule has 0 aliphatic carbocycles. The number of thiocarbonyl (C=S) groups is 1. The molecule has 1 aliphatic rings. The molecule has 7 heteroatoms. The van der Waals surface area contributed by atoms with Crippen LogP contribution in [0.1, 0.15) is 43.8 Å². The van der Waals surface area contributed by atoms with Gasteiger partial charge >= 0.3 is 0 Å². The second-order valence-corrected chi connectivity index (χ2v) is 8.14. The highest BCUT2D eigenvalue weighted by Crippen LogP contribution is 2.37. The first-order valence-corrected chi connectivity index (χ1v) is 11.5. The summed E-state index contributed by atoms with van der Waals surface area (Å²) in [5.74, 6) is 1.85. The van der Waals surface area contributed by atoms with E-state index in [4.69, 9.17) is 26.5 Å². The van der Waals surface area contributed by atoms with E-state index in [1.165, 1.54) is 5.56 Å². The van der Waals surface area contributed by atoms with Crippen molar-refractivity contribution in [1.82, 2.24) is 20.4 Å². The van der Waals surface area contributed by atoms with Crippen molar-refractivity contribution in [1.29, 1.82) is 0 Å². The van der Waals surface area contributed by atoms with Crippen LogP contribution in [0.15, 0.2) is 71.4 Å². The van der Waals surface area contributed by atoms with Crippen LogP contribution in [0.5, 0.6) is 5.75 Å². The van der Waals surface area contributed by atoms with Crippen molar-refractivity contribution in [3.8, 4) is 17.1 Å². The molecule has 6 nitrogen and oxygen atoms in total. The van der Waals surface area contributed by atoms with E-state index in [1.807, 2.05) is 61.2 Å². The molecule has 33 heavy (non-hydrogen) atoms. The Morgan fingerprint density at radius 3 is 2.52 bits per heavy atom. The van der Waals surface area contributed by atoms with Gasteiger partial charge in [-0.2, -0.15) is 4.98 Å². The standard InChI is InChI=1S/C26H28N4O2S/c1-5-16-30-17(4)22(23(27-26(30)33)19-12-14-21(15-13-19)31-7-3)25-28-24(29-32-25)20-10-8-18(6-2)9-11-20/h5,8-15,23H,1,6-7,16H2,2-4H3,(H,27,33). The van der Waals surface area contributed by atoms with Crippen LogP contribution in [-0.4, -0.2) is 33.3 Å². The molecule has 1 aromatic heterocycles. The van der Waals surface area contributed by atoms with Gasteiger partial charge in [0.2, 0.25) is 5.82 Å². The van der Waals surface area contributed by atoms with Gasteiger partial charge in [-0.3, -0.25) is 0 Å². The van der Waals surface area contributed by atoms with Crippen LogP contribution in [0, 0.1) is 0 Å². The molecular weight excluding hydrogens is 432 g/mol. The summed E-state index contributed by atoms with van der Waals surface area (Å²) in [4.78, 5) is 6.75. The Labute approximate surface area is 200 Å². The van der Waals surface area contributed by atoms with Gasteiger partial charge in [0.05, 0.1) is 18.2 Å². The predicted octanol–water partition coefficient (Wildman–Crippen LogP) is 5.55. The van der Waals surface area contributed by atoms with Crippen LogP contribution < -0.4 is 10.1 Å². The molecule has 0 fully saturated rings. The molecule has 0 radical (unpaired) electrons.